The molecule has 0 aromatic rings. The molecule has 0 N–H and O–H groups in total. The molecule has 0 aromatic heterocycles. The first-order chi connectivity index (χ1) is 5.35. The number of hydrogen-bond donors (Lipinski definition) is 0. The third-order valence-corrected chi connectivity index (χ3v) is 5.86. The summed E-state index contributed by atoms with van der Waals surface area (Å²) in [4.78, 5) is 10.9. The summed E-state index contributed by atoms with van der Waals surface area (Å²) in [5.41, 5.74) is 0. The molecular weight excluding hydrogens is 188 g/mol. The van der Waals surface area contributed by atoms with Crippen molar-refractivity contribution in [3.8, 4) is 0 Å². The predicted molar refractivity (Wildman–Crippen MR) is 53.8 cm³/mol. The molecule has 5 heteroatoms. The second-order valence-electron chi connectivity index (χ2n) is 3.64. The van der Waals surface area contributed by atoms with Crippen LogP contribution in [0.2, 0.25) is 26.2 Å². The minimum absolute atomic E-state index is 0.146. The molecule has 0 rings (SSSR count). The molecule has 1 atom stereocenters. The summed E-state index contributed by atoms with van der Waals surface area (Å²) in [5, 5.41) is 0. The summed E-state index contributed by atoms with van der Waals surface area (Å²) in [7, 11) is -3.21. The molecule has 0 spiro atoms. The minimum atomic E-state index is -1.69. The highest BCUT2D eigenvalue weighted by atomic mass is 28.4. The van der Waals surface area contributed by atoms with Crippen LogP contribution in [0.4, 0.5) is 0 Å². The Balaban J connectivity index is 3.74. The largest absolute Gasteiger partial charge is 0.498 e. The van der Waals surface area contributed by atoms with Crippen molar-refractivity contribution < 1.29 is 13.3 Å². The molecule has 0 bridgehead atoms. The zero-order valence-electron chi connectivity index (χ0n) is 8.51. The Morgan fingerprint density at radius 3 is 2.25 bits per heavy atom. The van der Waals surface area contributed by atoms with Crippen molar-refractivity contribution in [3.63, 3.8) is 0 Å². The Bertz CT molecular complexity index is 153. The third kappa shape index (κ3) is 6.57. The maximum Gasteiger partial charge on any atom is 0.372 e. The van der Waals surface area contributed by atoms with Crippen LogP contribution >= 0.6 is 0 Å². The van der Waals surface area contributed by atoms with E-state index >= 15 is 0 Å². The molecule has 1 unspecified atom stereocenters. The zero-order chi connectivity index (χ0) is 9.78. The number of carbonyl (C=O) groups is 1. The molecule has 3 nitrogen and oxygen atoms in total. The molecule has 0 aromatic carbocycles. The molecule has 0 aliphatic heterocycles. The molecule has 0 saturated heterocycles. The molecule has 0 aliphatic rings. The van der Waals surface area contributed by atoms with Gasteiger partial charge in [0.1, 0.15) is 0 Å². The first-order valence-electron chi connectivity index (χ1n) is 4.22. The van der Waals surface area contributed by atoms with Gasteiger partial charge >= 0.3 is 9.28 Å². The Kier molecular flexibility index (Phi) is 4.73. The molecule has 0 radical (unpaired) electrons. The van der Waals surface area contributed by atoms with Gasteiger partial charge in [-0.05, 0) is 26.2 Å². The van der Waals surface area contributed by atoms with Crippen molar-refractivity contribution in [1.29, 1.82) is 0 Å². The summed E-state index contributed by atoms with van der Waals surface area (Å²) in [5.74, 6) is -0.146. The van der Waals surface area contributed by atoms with Gasteiger partial charge in [0.05, 0.1) is 0 Å². The standard InChI is InChI=1S/C7H18O3Si2/c1-6-7(8)9-11(2)10-12(3,4)5/h11H,6H2,1-5H3. The van der Waals surface area contributed by atoms with Crippen molar-refractivity contribution in [3.05, 3.63) is 0 Å². The normalized spacial score (nSPS) is 14.1. The van der Waals surface area contributed by atoms with Crippen molar-refractivity contribution >= 4 is 23.6 Å². The smallest absolute Gasteiger partial charge is 0.372 e. The van der Waals surface area contributed by atoms with Crippen molar-refractivity contribution in [2.24, 2.45) is 0 Å². The molecule has 0 heterocycles. The number of carbonyl (C=O) groups excluding carboxylic acids is 1. The van der Waals surface area contributed by atoms with E-state index in [1.54, 1.807) is 6.92 Å². The van der Waals surface area contributed by atoms with Crippen LogP contribution in [-0.4, -0.2) is 23.6 Å². The summed E-state index contributed by atoms with van der Waals surface area (Å²) < 4.78 is 10.7. The summed E-state index contributed by atoms with van der Waals surface area (Å²) >= 11 is 0. The lowest BCUT2D eigenvalue weighted by Crippen LogP contribution is -2.36. The minimum Gasteiger partial charge on any atom is -0.498 e. The zero-order valence-corrected chi connectivity index (χ0v) is 10.7. The molecule has 0 amide bonds. The highest BCUT2D eigenvalue weighted by Gasteiger charge is 2.21. The molecule has 72 valence electrons. The van der Waals surface area contributed by atoms with Crippen molar-refractivity contribution in [2.75, 3.05) is 0 Å². The van der Waals surface area contributed by atoms with Crippen LogP contribution < -0.4 is 0 Å². The van der Waals surface area contributed by atoms with Gasteiger partial charge < -0.3 is 8.54 Å². The summed E-state index contributed by atoms with van der Waals surface area (Å²) in [6.45, 7) is 9.96. The fourth-order valence-corrected chi connectivity index (χ4v) is 5.50. The van der Waals surface area contributed by atoms with Crippen molar-refractivity contribution in [1.82, 2.24) is 0 Å². The van der Waals surface area contributed by atoms with Crippen LogP contribution in [-0.2, 0) is 13.3 Å². The second-order valence-corrected chi connectivity index (χ2v) is 10.2. The van der Waals surface area contributed by atoms with Crippen LogP contribution in [0.1, 0.15) is 13.3 Å². The third-order valence-electron chi connectivity index (χ3n) is 1.11. The van der Waals surface area contributed by atoms with Crippen LogP contribution in [0.25, 0.3) is 0 Å². The lowest BCUT2D eigenvalue weighted by molar-refractivity contribution is -0.135. The van der Waals surface area contributed by atoms with E-state index in [0.717, 1.165) is 0 Å². The van der Waals surface area contributed by atoms with E-state index in [9.17, 15) is 4.79 Å². The topological polar surface area (TPSA) is 35.5 Å². The van der Waals surface area contributed by atoms with Gasteiger partial charge in [-0.3, -0.25) is 4.79 Å². The highest BCUT2D eigenvalue weighted by Crippen LogP contribution is 2.06. The van der Waals surface area contributed by atoms with Gasteiger partial charge in [0, 0.05) is 6.42 Å². The van der Waals surface area contributed by atoms with E-state index in [0.29, 0.717) is 6.42 Å². The lowest BCUT2D eigenvalue weighted by atomic mass is 10.5. The van der Waals surface area contributed by atoms with E-state index in [4.69, 9.17) is 8.54 Å². The number of hydrogen-bond acceptors (Lipinski definition) is 3. The van der Waals surface area contributed by atoms with Gasteiger partial charge in [-0.2, -0.15) is 0 Å². The average Bonchev–Trinajstić information content (AvgIpc) is 1.82. The van der Waals surface area contributed by atoms with Gasteiger partial charge in [-0.15, -0.1) is 0 Å². The van der Waals surface area contributed by atoms with Gasteiger partial charge in [-0.25, -0.2) is 0 Å². The SMILES string of the molecule is CCC(=O)O[SiH](C)O[Si](C)(C)C. The molecule has 0 saturated carbocycles. The fourth-order valence-electron chi connectivity index (χ4n) is 0.790. The van der Waals surface area contributed by atoms with E-state index < -0.39 is 17.6 Å². The molecule has 12 heavy (non-hydrogen) atoms. The maximum atomic E-state index is 10.9. The quantitative estimate of drug-likeness (QED) is 0.656. The molecule has 0 aliphatic carbocycles. The average molecular weight is 206 g/mol. The summed E-state index contributed by atoms with van der Waals surface area (Å²) in [6, 6.07) is 0. The van der Waals surface area contributed by atoms with E-state index in [1.807, 2.05) is 6.55 Å². The highest BCUT2D eigenvalue weighted by molar-refractivity contribution is 6.76. The Morgan fingerprint density at radius 2 is 1.92 bits per heavy atom. The van der Waals surface area contributed by atoms with Crippen LogP contribution in [0.5, 0.6) is 0 Å². The Labute approximate surface area is 77.0 Å². The van der Waals surface area contributed by atoms with Crippen LogP contribution in [0.3, 0.4) is 0 Å². The lowest BCUT2D eigenvalue weighted by Gasteiger charge is -2.22. The first-order valence-corrected chi connectivity index (χ1v) is 9.73. The van der Waals surface area contributed by atoms with Gasteiger partial charge in [0.2, 0.25) is 0 Å². The van der Waals surface area contributed by atoms with E-state index in [1.165, 1.54) is 0 Å². The van der Waals surface area contributed by atoms with Gasteiger partial charge in [0.25, 0.3) is 5.97 Å². The number of rotatable bonds is 4. The van der Waals surface area contributed by atoms with Gasteiger partial charge in [0.15, 0.2) is 8.32 Å². The van der Waals surface area contributed by atoms with Gasteiger partial charge in [-0.1, -0.05) is 6.92 Å². The van der Waals surface area contributed by atoms with E-state index in [2.05, 4.69) is 19.6 Å². The second kappa shape index (κ2) is 4.78. The Morgan fingerprint density at radius 1 is 1.42 bits per heavy atom. The van der Waals surface area contributed by atoms with Crippen LogP contribution in [0.15, 0.2) is 0 Å². The summed E-state index contributed by atoms with van der Waals surface area (Å²) in [6.07, 6.45) is 0.437. The molecule has 0 fully saturated rings. The first kappa shape index (κ1) is 11.9. The van der Waals surface area contributed by atoms with E-state index in [-0.39, 0.29) is 5.97 Å². The predicted octanol–water partition coefficient (Wildman–Crippen LogP) is 1.64. The van der Waals surface area contributed by atoms with Crippen molar-refractivity contribution in [2.45, 2.75) is 39.5 Å². The monoisotopic (exact) mass is 206 g/mol. The molecular formula is C7H18O3Si2. The fraction of sp³-hybridized carbons (Fsp3) is 0.857. The Hall–Kier alpha value is -0.136. The maximum absolute atomic E-state index is 10.9. The van der Waals surface area contributed by atoms with Crippen LogP contribution in [0, 0.1) is 0 Å².